The largest absolute Gasteiger partial charge is 0.495 e. The van der Waals surface area contributed by atoms with Crippen LogP contribution >= 0.6 is 0 Å². The summed E-state index contributed by atoms with van der Waals surface area (Å²) in [6.45, 7) is 10.9. The Morgan fingerprint density at radius 2 is 1.59 bits per heavy atom. The predicted octanol–water partition coefficient (Wildman–Crippen LogP) is 5.23. The summed E-state index contributed by atoms with van der Waals surface area (Å²) >= 11 is 0. The molecule has 0 aliphatic rings. The molecule has 3 aromatic rings. The van der Waals surface area contributed by atoms with Gasteiger partial charge in [-0.15, -0.1) is 0 Å². The molecule has 0 spiro atoms. The van der Waals surface area contributed by atoms with Gasteiger partial charge in [-0.05, 0) is 76.4 Å². The van der Waals surface area contributed by atoms with E-state index in [1.807, 2.05) is 71.9 Å². The van der Waals surface area contributed by atoms with Gasteiger partial charge in [0.05, 0.1) is 17.7 Å². The molecule has 0 heterocycles. The topological polar surface area (TPSA) is 96.0 Å². The van der Waals surface area contributed by atoms with Crippen LogP contribution < -0.4 is 14.4 Å². The highest BCUT2D eigenvalue weighted by atomic mass is 32.2. The number of methoxy groups -OCH3 is 1. The number of rotatable bonds is 11. The fourth-order valence-electron chi connectivity index (χ4n) is 4.61. The van der Waals surface area contributed by atoms with Crippen LogP contribution in [-0.2, 0) is 26.2 Å². The number of benzene rings is 3. The van der Waals surface area contributed by atoms with Crippen molar-refractivity contribution >= 4 is 27.5 Å². The van der Waals surface area contributed by atoms with Crippen LogP contribution in [0, 0.1) is 13.8 Å². The Hall–Kier alpha value is -3.85. The number of sulfonamides is 1. The Morgan fingerprint density at radius 3 is 2.17 bits per heavy atom. The molecule has 3 aromatic carbocycles. The van der Waals surface area contributed by atoms with Crippen molar-refractivity contribution in [3.05, 3.63) is 89.5 Å². The van der Waals surface area contributed by atoms with Crippen LogP contribution in [-0.4, -0.2) is 50.4 Å². The van der Waals surface area contributed by atoms with E-state index in [0.29, 0.717) is 12.2 Å². The number of nitrogens with one attached hydrogen (secondary N) is 1. The average Bonchev–Trinajstić information content (AvgIpc) is 2.91. The fourth-order valence-corrected chi connectivity index (χ4v) is 6.05. The molecule has 220 valence electrons. The Labute approximate surface area is 244 Å². The van der Waals surface area contributed by atoms with Crippen molar-refractivity contribution in [3.8, 4) is 5.75 Å². The molecule has 0 fully saturated rings. The number of aryl methyl sites for hydroxylation is 2. The number of carbonyl (C=O) groups excluding carboxylic acids is 2. The van der Waals surface area contributed by atoms with E-state index in [4.69, 9.17) is 4.74 Å². The third-order valence-corrected chi connectivity index (χ3v) is 8.31. The lowest BCUT2D eigenvalue weighted by Crippen LogP contribution is -2.55. The number of hydrogen-bond donors (Lipinski definition) is 1. The molecule has 2 amide bonds. The van der Waals surface area contributed by atoms with E-state index in [-0.39, 0.29) is 23.0 Å². The van der Waals surface area contributed by atoms with Crippen molar-refractivity contribution in [1.82, 2.24) is 10.2 Å². The van der Waals surface area contributed by atoms with Crippen LogP contribution in [0.2, 0.25) is 0 Å². The first-order valence-electron chi connectivity index (χ1n) is 13.7. The molecule has 0 saturated carbocycles. The summed E-state index contributed by atoms with van der Waals surface area (Å²) in [7, 11) is -2.73. The van der Waals surface area contributed by atoms with E-state index in [0.717, 1.165) is 21.0 Å². The van der Waals surface area contributed by atoms with E-state index in [9.17, 15) is 18.0 Å². The molecule has 8 nitrogen and oxygen atoms in total. The summed E-state index contributed by atoms with van der Waals surface area (Å²) in [6.07, 6.45) is 0.346. The molecule has 0 saturated heterocycles. The molecule has 9 heteroatoms. The highest BCUT2D eigenvalue weighted by molar-refractivity contribution is 7.92. The predicted molar refractivity (Wildman–Crippen MR) is 162 cm³/mol. The minimum Gasteiger partial charge on any atom is -0.495 e. The maximum Gasteiger partial charge on any atom is 0.264 e. The summed E-state index contributed by atoms with van der Waals surface area (Å²) in [5.41, 5.74) is 2.38. The van der Waals surface area contributed by atoms with Gasteiger partial charge >= 0.3 is 0 Å². The first kappa shape index (κ1) is 31.7. The van der Waals surface area contributed by atoms with E-state index >= 15 is 0 Å². The SMILES string of the molecule is CCC(C(=O)NC(C)(C)C)N(Cc1cccc(C)c1)C(=O)CN(c1cc(C)ccc1OC)S(=O)(=O)c1ccccc1. The molecular weight excluding hydrogens is 538 g/mol. The van der Waals surface area contributed by atoms with Crippen molar-refractivity contribution in [2.45, 2.75) is 71.0 Å². The van der Waals surface area contributed by atoms with E-state index < -0.39 is 34.1 Å². The van der Waals surface area contributed by atoms with Gasteiger partial charge in [0.25, 0.3) is 10.0 Å². The van der Waals surface area contributed by atoms with Gasteiger partial charge in [0.15, 0.2) is 0 Å². The third kappa shape index (κ3) is 8.10. The van der Waals surface area contributed by atoms with Crippen molar-refractivity contribution < 1.29 is 22.7 Å². The summed E-state index contributed by atoms with van der Waals surface area (Å²) in [6, 6.07) is 20.0. The van der Waals surface area contributed by atoms with Crippen molar-refractivity contribution in [2.24, 2.45) is 0 Å². The van der Waals surface area contributed by atoms with Crippen molar-refractivity contribution in [2.75, 3.05) is 18.0 Å². The fraction of sp³-hybridized carbons (Fsp3) is 0.375. The zero-order valence-corrected chi connectivity index (χ0v) is 25.8. The van der Waals surface area contributed by atoms with Gasteiger partial charge < -0.3 is 15.0 Å². The molecule has 0 radical (unpaired) electrons. The van der Waals surface area contributed by atoms with Crippen LogP contribution in [0.3, 0.4) is 0 Å². The molecule has 0 bridgehead atoms. The van der Waals surface area contributed by atoms with Crippen LogP contribution in [0.25, 0.3) is 0 Å². The number of ether oxygens (including phenoxy) is 1. The summed E-state index contributed by atoms with van der Waals surface area (Å²) in [5.74, 6) is -0.497. The van der Waals surface area contributed by atoms with Gasteiger partial charge in [-0.3, -0.25) is 13.9 Å². The van der Waals surface area contributed by atoms with Gasteiger partial charge in [-0.1, -0.05) is 61.0 Å². The highest BCUT2D eigenvalue weighted by Gasteiger charge is 2.35. The molecule has 0 aromatic heterocycles. The highest BCUT2D eigenvalue weighted by Crippen LogP contribution is 2.33. The smallest absolute Gasteiger partial charge is 0.264 e. The van der Waals surface area contributed by atoms with Crippen molar-refractivity contribution in [3.63, 3.8) is 0 Å². The lowest BCUT2D eigenvalue weighted by Gasteiger charge is -2.35. The molecule has 0 aliphatic carbocycles. The first-order valence-corrected chi connectivity index (χ1v) is 15.1. The quantitative estimate of drug-likeness (QED) is 0.336. The molecular formula is C32H41N3O5S. The Kier molecular flexibility index (Phi) is 10.2. The molecule has 3 rings (SSSR count). The monoisotopic (exact) mass is 579 g/mol. The van der Waals surface area contributed by atoms with Crippen molar-refractivity contribution in [1.29, 1.82) is 0 Å². The van der Waals surface area contributed by atoms with E-state index in [1.54, 1.807) is 30.3 Å². The van der Waals surface area contributed by atoms with E-state index in [1.165, 1.54) is 24.1 Å². The molecule has 1 atom stereocenters. The van der Waals surface area contributed by atoms with Crippen LogP contribution in [0.4, 0.5) is 5.69 Å². The van der Waals surface area contributed by atoms with Crippen LogP contribution in [0.1, 0.15) is 50.8 Å². The maximum atomic E-state index is 14.2. The number of anilines is 1. The summed E-state index contributed by atoms with van der Waals surface area (Å²) in [5, 5.41) is 2.98. The number of carbonyl (C=O) groups is 2. The maximum absolute atomic E-state index is 14.2. The minimum absolute atomic E-state index is 0.0408. The Balaban J connectivity index is 2.13. The number of hydrogen-bond acceptors (Lipinski definition) is 5. The lowest BCUT2D eigenvalue weighted by atomic mass is 10.0. The van der Waals surface area contributed by atoms with Gasteiger partial charge in [-0.2, -0.15) is 0 Å². The first-order chi connectivity index (χ1) is 19.3. The van der Waals surface area contributed by atoms with Crippen LogP contribution in [0.5, 0.6) is 5.75 Å². The Bertz CT molecular complexity index is 1470. The second-order valence-corrected chi connectivity index (χ2v) is 13.0. The molecule has 41 heavy (non-hydrogen) atoms. The van der Waals surface area contributed by atoms with Crippen LogP contribution in [0.15, 0.2) is 77.7 Å². The second kappa shape index (κ2) is 13.2. The molecule has 1 N–H and O–H groups in total. The van der Waals surface area contributed by atoms with E-state index in [2.05, 4.69) is 5.32 Å². The molecule has 0 aliphatic heterocycles. The number of amides is 2. The van der Waals surface area contributed by atoms with Gasteiger partial charge in [0.2, 0.25) is 11.8 Å². The Morgan fingerprint density at radius 1 is 0.927 bits per heavy atom. The zero-order chi connectivity index (χ0) is 30.4. The average molecular weight is 580 g/mol. The van der Waals surface area contributed by atoms with Gasteiger partial charge in [0.1, 0.15) is 18.3 Å². The summed E-state index contributed by atoms with van der Waals surface area (Å²) in [4.78, 5) is 29.2. The second-order valence-electron chi connectivity index (χ2n) is 11.2. The molecule has 1 unspecified atom stereocenters. The lowest BCUT2D eigenvalue weighted by molar-refractivity contribution is -0.141. The van der Waals surface area contributed by atoms with Gasteiger partial charge in [-0.25, -0.2) is 8.42 Å². The number of nitrogens with zero attached hydrogens (tertiary/aromatic N) is 2. The minimum atomic E-state index is -4.19. The zero-order valence-electron chi connectivity index (χ0n) is 25.0. The standard InChI is InChI=1S/C32H41N3O5S/c1-8-27(31(37)33-32(4,5)6)34(21-25-14-12-13-23(2)19-25)30(36)22-35(28-20-24(3)17-18-29(28)40-7)41(38,39)26-15-10-9-11-16-26/h9-20,27H,8,21-22H2,1-7H3,(H,33,37). The third-order valence-electron chi connectivity index (χ3n) is 6.53. The summed E-state index contributed by atoms with van der Waals surface area (Å²) < 4.78 is 34.7. The van der Waals surface area contributed by atoms with Gasteiger partial charge in [0, 0.05) is 12.1 Å². The normalized spacial score (nSPS) is 12.4.